The molecule has 2 aliphatic heterocycles. The molecule has 3 atom stereocenters. The van der Waals surface area contributed by atoms with Gasteiger partial charge in [-0.1, -0.05) is 31.3 Å². The van der Waals surface area contributed by atoms with Crippen LogP contribution in [0.3, 0.4) is 0 Å². The van der Waals surface area contributed by atoms with Crippen molar-refractivity contribution in [1.82, 2.24) is 19.7 Å². The minimum atomic E-state index is -3.59. The molecule has 1 aromatic heterocycles. The van der Waals surface area contributed by atoms with Gasteiger partial charge in [0.2, 0.25) is 14.2 Å². The summed E-state index contributed by atoms with van der Waals surface area (Å²) >= 11 is 0.765. The van der Waals surface area contributed by atoms with Crippen LogP contribution in [-0.2, 0) is 24.1 Å². The second-order valence-electron chi connectivity index (χ2n) is 7.60. The highest BCUT2D eigenvalue weighted by molar-refractivity contribution is 7.93. The second-order valence-corrected chi connectivity index (χ2v) is 10.8. The number of ether oxygens (including phenoxy) is 2. The number of hydrogen-bond donors (Lipinski definition) is 0. The van der Waals surface area contributed by atoms with E-state index in [0.717, 1.165) is 37.0 Å². The van der Waals surface area contributed by atoms with Crippen molar-refractivity contribution in [3.63, 3.8) is 0 Å². The fourth-order valence-electron chi connectivity index (χ4n) is 3.47. The van der Waals surface area contributed by atoms with Gasteiger partial charge in [0.1, 0.15) is 6.67 Å². The molecule has 3 unspecified atom stereocenters. The fourth-order valence-corrected chi connectivity index (χ4v) is 6.03. The minimum absolute atomic E-state index is 0.00531. The Labute approximate surface area is 174 Å². The first kappa shape index (κ1) is 22.5. The van der Waals surface area contributed by atoms with Crippen molar-refractivity contribution in [1.29, 1.82) is 0 Å². The number of hydroxylamine groups is 2. The molecular formula is C17H28N4O6S2. The minimum Gasteiger partial charge on any atom is -0.622 e. The molecule has 0 saturated carbocycles. The van der Waals surface area contributed by atoms with E-state index in [1.54, 1.807) is 11.9 Å². The van der Waals surface area contributed by atoms with E-state index >= 15 is 0 Å². The number of esters is 1. The second kappa shape index (κ2) is 9.31. The lowest BCUT2D eigenvalue weighted by molar-refractivity contribution is -0.164. The maximum absolute atomic E-state index is 13.5. The Morgan fingerprint density at radius 3 is 2.86 bits per heavy atom. The van der Waals surface area contributed by atoms with Crippen LogP contribution in [0.5, 0.6) is 0 Å². The molecule has 10 nitrogen and oxygen atoms in total. The summed E-state index contributed by atoms with van der Waals surface area (Å²) in [6.07, 6.45) is 3.02. The molecule has 29 heavy (non-hydrogen) atoms. The van der Waals surface area contributed by atoms with Crippen LogP contribution in [0, 0.1) is 5.21 Å². The number of sulfone groups is 1. The van der Waals surface area contributed by atoms with E-state index < -0.39 is 32.8 Å². The summed E-state index contributed by atoms with van der Waals surface area (Å²) in [4.78, 5) is 14.0. The molecule has 3 heterocycles. The molecule has 0 aliphatic carbocycles. The molecule has 0 N–H and O–H groups in total. The number of nitrogens with zero attached hydrogens (tertiary/aromatic N) is 4. The largest absolute Gasteiger partial charge is 0.622 e. The molecule has 0 spiro atoms. The molecule has 0 aromatic carbocycles. The Hall–Kier alpha value is -1.18. The third kappa shape index (κ3) is 5.12. The van der Waals surface area contributed by atoms with Crippen molar-refractivity contribution >= 4 is 32.3 Å². The first-order chi connectivity index (χ1) is 13.8. The average Bonchev–Trinajstić information content (AvgIpc) is 3.40. The van der Waals surface area contributed by atoms with E-state index in [4.69, 9.17) is 9.47 Å². The topological polar surface area (TPSA) is 122 Å². The normalized spacial score (nSPS) is 28.1. The van der Waals surface area contributed by atoms with Gasteiger partial charge in [-0.25, -0.2) is 18.1 Å². The summed E-state index contributed by atoms with van der Waals surface area (Å²) in [6.45, 7) is 2.77. The van der Waals surface area contributed by atoms with Crippen LogP contribution in [0.15, 0.2) is 4.34 Å². The first-order valence-electron chi connectivity index (χ1n) is 9.92. The maximum atomic E-state index is 13.5. The van der Waals surface area contributed by atoms with Gasteiger partial charge in [-0.05, 0) is 37.6 Å². The molecule has 0 amide bonds. The van der Waals surface area contributed by atoms with Crippen LogP contribution in [-0.4, -0.2) is 74.4 Å². The predicted octanol–water partition coefficient (Wildman–Crippen LogP) is 1.65. The summed E-state index contributed by atoms with van der Waals surface area (Å²) < 4.78 is 34.6. The fraction of sp³-hybridized carbons (Fsp3) is 0.824. The van der Waals surface area contributed by atoms with E-state index in [2.05, 4.69) is 17.1 Å². The van der Waals surface area contributed by atoms with E-state index in [1.165, 1.54) is 0 Å². The van der Waals surface area contributed by atoms with Gasteiger partial charge in [0.25, 0.3) is 6.23 Å². The number of rotatable bonds is 9. The highest BCUT2D eigenvalue weighted by Crippen LogP contribution is 2.35. The molecule has 2 aliphatic rings. The quantitative estimate of drug-likeness (QED) is 0.240. The summed E-state index contributed by atoms with van der Waals surface area (Å²) in [5.41, 5.74) is 0. The van der Waals surface area contributed by atoms with Crippen molar-refractivity contribution in [2.45, 2.75) is 62.1 Å². The molecule has 2 fully saturated rings. The van der Waals surface area contributed by atoms with E-state index in [9.17, 15) is 18.4 Å². The van der Waals surface area contributed by atoms with Crippen LogP contribution in [0.2, 0.25) is 0 Å². The third-order valence-corrected chi connectivity index (χ3v) is 8.36. The SMILES string of the molecule is CCCCCCS(=O)(=O)c1nnc([N+]2([O-])CN(C)CC2OC(=O)C2CCCO2)s1. The van der Waals surface area contributed by atoms with Gasteiger partial charge in [-0.2, -0.15) is 0 Å². The number of unbranched alkanes of at least 4 members (excludes halogenated alkanes) is 3. The summed E-state index contributed by atoms with van der Waals surface area (Å²) in [5.74, 6) is -0.577. The molecule has 1 aromatic rings. The molecule has 0 radical (unpaired) electrons. The van der Waals surface area contributed by atoms with Crippen LogP contribution < -0.4 is 4.65 Å². The van der Waals surface area contributed by atoms with Gasteiger partial charge in [0.15, 0.2) is 6.10 Å². The number of quaternary nitrogens is 1. The van der Waals surface area contributed by atoms with Gasteiger partial charge >= 0.3 is 11.1 Å². The van der Waals surface area contributed by atoms with Gasteiger partial charge in [-0.15, -0.1) is 5.10 Å². The van der Waals surface area contributed by atoms with Crippen molar-refractivity contribution < 1.29 is 22.7 Å². The lowest BCUT2D eigenvalue weighted by Crippen LogP contribution is -2.51. The van der Waals surface area contributed by atoms with Gasteiger partial charge < -0.3 is 14.7 Å². The first-order valence-corrected chi connectivity index (χ1v) is 12.4. The molecule has 3 rings (SSSR count). The lowest BCUT2D eigenvalue weighted by atomic mass is 10.2. The van der Waals surface area contributed by atoms with Crippen molar-refractivity contribution in [3.8, 4) is 0 Å². The Morgan fingerprint density at radius 1 is 1.38 bits per heavy atom. The van der Waals surface area contributed by atoms with E-state index in [0.29, 0.717) is 19.4 Å². The highest BCUT2D eigenvalue weighted by Gasteiger charge is 2.46. The Morgan fingerprint density at radius 2 is 2.17 bits per heavy atom. The Balaban J connectivity index is 1.72. The number of carbonyl (C=O) groups is 1. The third-order valence-electron chi connectivity index (χ3n) is 5.08. The van der Waals surface area contributed by atoms with Gasteiger partial charge in [0, 0.05) is 6.61 Å². The zero-order valence-corrected chi connectivity index (χ0v) is 18.4. The Bertz CT molecular complexity index is 811. The molecule has 0 bridgehead atoms. The molecule has 2 saturated heterocycles. The molecule has 164 valence electrons. The maximum Gasteiger partial charge on any atom is 0.339 e. The van der Waals surface area contributed by atoms with Crippen LogP contribution >= 0.6 is 11.3 Å². The van der Waals surface area contributed by atoms with Crippen molar-refractivity contribution in [2.24, 2.45) is 0 Å². The van der Waals surface area contributed by atoms with Crippen LogP contribution in [0.4, 0.5) is 5.13 Å². The zero-order chi connectivity index (χ0) is 21.1. The van der Waals surface area contributed by atoms with Crippen LogP contribution in [0.1, 0.15) is 45.4 Å². The summed E-state index contributed by atoms with van der Waals surface area (Å²) in [5, 5.41) is 21.1. The van der Waals surface area contributed by atoms with Gasteiger partial charge in [0.05, 0.1) is 12.3 Å². The predicted molar refractivity (Wildman–Crippen MR) is 108 cm³/mol. The number of carbonyl (C=O) groups excluding carboxylic acids is 1. The smallest absolute Gasteiger partial charge is 0.339 e. The van der Waals surface area contributed by atoms with Crippen molar-refractivity contribution in [2.75, 3.05) is 32.6 Å². The highest BCUT2D eigenvalue weighted by atomic mass is 32.2. The van der Waals surface area contributed by atoms with Crippen molar-refractivity contribution in [3.05, 3.63) is 5.21 Å². The number of hydrogen-bond acceptors (Lipinski definition) is 10. The lowest BCUT2D eigenvalue weighted by Gasteiger charge is -2.38. The molecule has 12 heteroatoms. The number of likely N-dealkylation sites (N-methyl/N-ethyl adjacent to an activating group) is 1. The monoisotopic (exact) mass is 448 g/mol. The summed E-state index contributed by atoms with van der Waals surface area (Å²) in [7, 11) is -1.86. The van der Waals surface area contributed by atoms with E-state index in [-0.39, 0.29) is 28.4 Å². The van der Waals surface area contributed by atoms with E-state index in [1.807, 2.05) is 0 Å². The van der Waals surface area contributed by atoms with Crippen LogP contribution in [0.25, 0.3) is 0 Å². The van der Waals surface area contributed by atoms with Gasteiger partial charge in [-0.3, -0.25) is 4.65 Å². The Kier molecular flexibility index (Phi) is 7.23. The molecular weight excluding hydrogens is 420 g/mol. The zero-order valence-electron chi connectivity index (χ0n) is 16.8. The summed E-state index contributed by atoms with van der Waals surface area (Å²) in [6, 6.07) is 0. The average molecular weight is 449 g/mol. The number of aromatic nitrogens is 2. The standard InChI is InChI=1S/C17H28N4O6S2/c1-3-4-5-6-10-29(24,25)17-19-18-16(28-17)21(23)12-20(2)11-14(21)27-15(22)13-8-7-9-26-13/h13-14H,3-12H2,1-2H3.